The third-order valence-corrected chi connectivity index (χ3v) is 5.29. The lowest BCUT2D eigenvalue weighted by Crippen LogP contribution is -2.51. The van der Waals surface area contributed by atoms with Gasteiger partial charge in [-0.05, 0) is 49.8 Å². The molecular weight excluding hydrogens is 323 g/mol. The van der Waals surface area contributed by atoms with Crippen LogP contribution in [0, 0.1) is 11.7 Å². The van der Waals surface area contributed by atoms with Crippen molar-refractivity contribution in [3.05, 3.63) is 35.6 Å². The van der Waals surface area contributed by atoms with E-state index in [1.54, 1.807) is 17.0 Å². The highest BCUT2D eigenvalue weighted by atomic mass is 19.1. The van der Waals surface area contributed by atoms with Crippen LogP contribution in [-0.4, -0.2) is 47.1 Å². The predicted molar refractivity (Wildman–Crippen MR) is 91.2 cm³/mol. The minimum atomic E-state index is -0.734. The molecule has 1 aliphatic heterocycles. The van der Waals surface area contributed by atoms with Crippen LogP contribution in [0.3, 0.4) is 0 Å². The summed E-state index contributed by atoms with van der Waals surface area (Å²) in [5.74, 6) is -0.671. The Morgan fingerprint density at radius 3 is 2.60 bits per heavy atom. The summed E-state index contributed by atoms with van der Waals surface area (Å²) >= 11 is 0. The second kappa shape index (κ2) is 7.52. The summed E-state index contributed by atoms with van der Waals surface area (Å²) in [5.41, 5.74) is 0.0350. The zero-order valence-electron chi connectivity index (χ0n) is 14.3. The molecule has 3 rings (SSSR count). The number of benzene rings is 1. The largest absolute Gasteiger partial charge is 0.388 e. The van der Waals surface area contributed by atoms with E-state index in [4.69, 9.17) is 0 Å². The fraction of sp³-hybridized carbons (Fsp3) is 0.579. The van der Waals surface area contributed by atoms with Gasteiger partial charge < -0.3 is 15.3 Å². The Morgan fingerprint density at radius 1 is 1.24 bits per heavy atom. The molecule has 1 heterocycles. The molecule has 1 saturated heterocycles. The summed E-state index contributed by atoms with van der Waals surface area (Å²) < 4.78 is 12.9. The average molecular weight is 348 g/mol. The summed E-state index contributed by atoms with van der Waals surface area (Å²) in [6.07, 6.45) is 4.23. The molecule has 1 atom stereocenters. The fourth-order valence-electron chi connectivity index (χ4n) is 3.46. The smallest absolute Gasteiger partial charge is 0.227 e. The summed E-state index contributed by atoms with van der Waals surface area (Å²) in [6, 6.07) is 5.92. The number of piperidine rings is 1. The summed E-state index contributed by atoms with van der Waals surface area (Å²) in [4.78, 5) is 26.5. The molecule has 1 aliphatic carbocycles. The zero-order chi connectivity index (χ0) is 17.9. The average Bonchev–Trinajstić information content (AvgIpc) is 2.60. The Bertz CT molecular complexity index is 628. The van der Waals surface area contributed by atoms with Crippen LogP contribution in [0.5, 0.6) is 0 Å². The highest BCUT2D eigenvalue weighted by Crippen LogP contribution is 2.30. The molecule has 2 aliphatic rings. The topological polar surface area (TPSA) is 69.6 Å². The van der Waals surface area contributed by atoms with Crippen molar-refractivity contribution in [2.75, 3.05) is 19.6 Å². The molecule has 1 aromatic rings. The maximum absolute atomic E-state index is 12.9. The van der Waals surface area contributed by atoms with Gasteiger partial charge in [-0.2, -0.15) is 0 Å². The molecule has 1 aromatic carbocycles. The number of amides is 2. The number of carbonyl (C=O) groups excluding carboxylic acids is 2. The Morgan fingerprint density at radius 2 is 1.96 bits per heavy atom. The first kappa shape index (κ1) is 17.9. The molecular formula is C19H25FN2O3. The number of aliphatic hydroxyl groups is 1. The first-order valence-electron chi connectivity index (χ1n) is 8.97. The molecule has 2 amide bonds. The maximum Gasteiger partial charge on any atom is 0.227 e. The number of likely N-dealkylation sites (tertiary alicyclic amines) is 1. The number of rotatable bonds is 5. The van der Waals surface area contributed by atoms with Gasteiger partial charge in [0.1, 0.15) is 5.82 Å². The molecule has 0 bridgehead atoms. The quantitative estimate of drug-likeness (QED) is 0.850. The van der Waals surface area contributed by atoms with Crippen molar-refractivity contribution in [1.82, 2.24) is 10.2 Å². The lowest BCUT2D eigenvalue weighted by Gasteiger charge is -2.37. The molecule has 1 unspecified atom stereocenters. The van der Waals surface area contributed by atoms with E-state index in [2.05, 4.69) is 5.32 Å². The van der Waals surface area contributed by atoms with Gasteiger partial charge >= 0.3 is 0 Å². The summed E-state index contributed by atoms with van der Waals surface area (Å²) in [5, 5.41) is 12.9. The van der Waals surface area contributed by atoms with Crippen LogP contribution in [0.4, 0.5) is 4.39 Å². The van der Waals surface area contributed by atoms with E-state index >= 15 is 0 Å². The van der Waals surface area contributed by atoms with E-state index in [-0.39, 0.29) is 30.0 Å². The molecule has 2 N–H and O–H groups in total. The van der Waals surface area contributed by atoms with E-state index in [0.717, 1.165) is 37.7 Å². The Hall–Kier alpha value is -1.95. The lowest BCUT2D eigenvalue weighted by molar-refractivity contribution is -0.136. The fourth-order valence-corrected chi connectivity index (χ4v) is 3.46. The van der Waals surface area contributed by atoms with Crippen molar-refractivity contribution in [1.29, 1.82) is 0 Å². The van der Waals surface area contributed by atoms with Crippen LogP contribution in [0.2, 0.25) is 0 Å². The Kier molecular flexibility index (Phi) is 5.37. The van der Waals surface area contributed by atoms with Crippen LogP contribution in [0.1, 0.15) is 37.7 Å². The van der Waals surface area contributed by atoms with Crippen LogP contribution in [0.25, 0.3) is 0 Å². The second-order valence-corrected chi connectivity index (χ2v) is 7.28. The van der Waals surface area contributed by atoms with Gasteiger partial charge in [-0.1, -0.05) is 12.1 Å². The van der Waals surface area contributed by atoms with Gasteiger partial charge in [0.15, 0.2) is 0 Å². The van der Waals surface area contributed by atoms with Gasteiger partial charge in [0.2, 0.25) is 11.8 Å². The van der Waals surface area contributed by atoms with Crippen LogP contribution in [-0.2, 0) is 16.0 Å². The minimum Gasteiger partial charge on any atom is -0.388 e. The van der Waals surface area contributed by atoms with Gasteiger partial charge in [0.25, 0.3) is 0 Å². The third kappa shape index (κ3) is 4.57. The molecule has 0 radical (unpaired) electrons. The molecule has 25 heavy (non-hydrogen) atoms. The van der Waals surface area contributed by atoms with Crippen LogP contribution >= 0.6 is 0 Å². The van der Waals surface area contributed by atoms with Gasteiger partial charge in [-0.25, -0.2) is 4.39 Å². The van der Waals surface area contributed by atoms with Crippen LogP contribution < -0.4 is 5.32 Å². The molecule has 0 spiro atoms. The number of halogens is 1. The maximum atomic E-state index is 12.9. The molecule has 1 saturated carbocycles. The summed E-state index contributed by atoms with van der Waals surface area (Å²) in [6.45, 7) is 1.35. The first-order chi connectivity index (χ1) is 12.0. The van der Waals surface area contributed by atoms with Crippen molar-refractivity contribution >= 4 is 11.8 Å². The number of hydrogen-bond donors (Lipinski definition) is 2. The van der Waals surface area contributed by atoms with E-state index in [1.165, 1.54) is 12.1 Å². The lowest BCUT2D eigenvalue weighted by atomic mass is 9.80. The van der Waals surface area contributed by atoms with Gasteiger partial charge in [-0.3, -0.25) is 9.59 Å². The van der Waals surface area contributed by atoms with E-state index < -0.39 is 5.60 Å². The summed E-state index contributed by atoms with van der Waals surface area (Å²) in [7, 11) is 0. The molecule has 6 heteroatoms. The van der Waals surface area contributed by atoms with Crippen molar-refractivity contribution in [2.45, 2.75) is 44.1 Å². The van der Waals surface area contributed by atoms with E-state index in [9.17, 15) is 19.1 Å². The van der Waals surface area contributed by atoms with Crippen molar-refractivity contribution in [3.8, 4) is 0 Å². The molecule has 2 fully saturated rings. The Balaban J connectivity index is 1.50. The highest BCUT2D eigenvalue weighted by Gasteiger charge is 2.36. The number of carbonyl (C=O) groups is 2. The zero-order valence-corrected chi connectivity index (χ0v) is 14.3. The van der Waals surface area contributed by atoms with Crippen molar-refractivity contribution in [3.63, 3.8) is 0 Å². The molecule has 0 aromatic heterocycles. The van der Waals surface area contributed by atoms with E-state index in [0.29, 0.717) is 19.6 Å². The van der Waals surface area contributed by atoms with Crippen molar-refractivity contribution < 1.29 is 19.1 Å². The number of nitrogens with one attached hydrogen (secondary N) is 1. The monoisotopic (exact) mass is 348 g/mol. The minimum absolute atomic E-state index is 0.0401. The third-order valence-electron chi connectivity index (χ3n) is 5.29. The van der Waals surface area contributed by atoms with Gasteiger partial charge in [0.05, 0.1) is 17.9 Å². The van der Waals surface area contributed by atoms with E-state index in [1.807, 2.05) is 0 Å². The highest BCUT2D eigenvalue weighted by molar-refractivity contribution is 5.82. The normalized spacial score (nSPS) is 22.2. The first-order valence-corrected chi connectivity index (χ1v) is 8.97. The molecule has 5 nitrogen and oxygen atoms in total. The van der Waals surface area contributed by atoms with Gasteiger partial charge in [0, 0.05) is 19.6 Å². The van der Waals surface area contributed by atoms with Gasteiger partial charge in [-0.15, -0.1) is 0 Å². The van der Waals surface area contributed by atoms with Crippen LogP contribution in [0.15, 0.2) is 24.3 Å². The standard InChI is InChI=1S/C19H25FN2O3/c20-16-6-4-14(5-7-16)11-17(23)22-10-1-3-15(12-22)18(24)21-13-19(25)8-2-9-19/h4-7,15,25H,1-3,8-13H2,(H,21,24). The predicted octanol–water partition coefficient (Wildman–Crippen LogP) is 1.64. The Labute approximate surface area is 147 Å². The molecule has 136 valence electrons. The number of hydrogen-bond acceptors (Lipinski definition) is 3. The number of nitrogens with zero attached hydrogens (tertiary/aromatic N) is 1. The van der Waals surface area contributed by atoms with Crippen molar-refractivity contribution in [2.24, 2.45) is 5.92 Å². The second-order valence-electron chi connectivity index (χ2n) is 7.28. The SMILES string of the molecule is O=C(NCC1(O)CCC1)C1CCCN(C(=O)Cc2ccc(F)cc2)C1.